The first-order valence-corrected chi connectivity index (χ1v) is 24.2. The van der Waals surface area contributed by atoms with Gasteiger partial charge in [0.25, 0.3) is 0 Å². The summed E-state index contributed by atoms with van der Waals surface area (Å²) in [4.78, 5) is 2.47. The van der Waals surface area contributed by atoms with Gasteiger partial charge in [0.1, 0.15) is 0 Å². The van der Waals surface area contributed by atoms with Crippen LogP contribution in [0.2, 0.25) is 0 Å². The maximum Gasteiger partial charge on any atom is 0.0540 e. The average Bonchev–Trinajstić information content (AvgIpc) is 3.68. The van der Waals surface area contributed by atoms with Gasteiger partial charge in [-0.1, -0.05) is 226 Å². The number of hydrogen-bond acceptors (Lipinski definition) is 1. The fourth-order valence-corrected chi connectivity index (χ4v) is 11.6. The molecule has 0 radical (unpaired) electrons. The van der Waals surface area contributed by atoms with Gasteiger partial charge in [0, 0.05) is 22.4 Å². The Morgan fingerprint density at radius 1 is 0.373 bits per heavy atom. The Bertz CT molecular complexity index is 3360. The van der Waals surface area contributed by atoms with Crippen LogP contribution in [0.4, 0.5) is 17.1 Å². The monoisotopic (exact) mass is 859 g/mol. The van der Waals surface area contributed by atoms with E-state index in [9.17, 15) is 0 Å². The van der Waals surface area contributed by atoms with Crippen molar-refractivity contribution in [3.63, 3.8) is 0 Å². The van der Waals surface area contributed by atoms with Crippen molar-refractivity contribution in [2.45, 2.75) is 50.4 Å². The molecular formula is C66H53N. The van der Waals surface area contributed by atoms with Gasteiger partial charge in [-0.05, 0) is 139 Å². The zero-order valence-electron chi connectivity index (χ0n) is 38.1. The Balaban J connectivity index is 0.985. The second-order valence-corrected chi connectivity index (χ2v) is 18.7. The fraction of sp³-hybridized carbons (Fsp3) is 0.121. The molecule has 1 fully saturated rings. The number of fused-ring (bicyclic) bond motifs is 4. The quantitative estimate of drug-likeness (QED) is 0.140. The van der Waals surface area contributed by atoms with E-state index < -0.39 is 0 Å². The van der Waals surface area contributed by atoms with Gasteiger partial charge in [-0.25, -0.2) is 0 Å². The standard InChI is InChI=1S/C66H53N/c1-66(53-24-9-4-10-25-53)61-31-13-11-27-60(61)65-57(29-17-32-62(65)66)51-40-44-55(45-41-51)67(54-42-38-49(39-43-54)48-36-34-47(35-37-48)46-18-5-2-6-19-46)63-33-14-12-26-58(63)59-30-16-23-52-22-15-28-56(64(52)59)50-20-7-3-8-21-50/h2,4-6,9-19,22-45,50H,3,7-8,20-21H2,1H3. The van der Waals surface area contributed by atoms with E-state index in [1.54, 1.807) is 0 Å². The van der Waals surface area contributed by atoms with Crippen molar-refractivity contribution < 1.29 is 0 Å². The molecule has 0 amide bonds. The summed E-state index contributed by atoms with van der Waals surface area (Å²) in [5, 5.41) is 2.71. The van der Waals surface area contributed by atoms with Crippen molar-refractivity contribution in [1.29, 1.82) is 0 Å². The SMILES string of the molecule is CC1(c2ccccc2)c2ccccc2-c2c(-c3ccc(N(c4ccc(-c5ccc(-c6ccccc6)cc5)cc4)c4ccccc4-c4cccc5cccc(C6CCCCC6)c45)cc3)cccc21. The fourth-order valence-electron chi connectivity index (χ4n) is 11.6. The lowest BCUT2D eigenvalue weighted by molar-refractivity contribution is 0.445. The Kier molecular flexibility index (Phi) is 10.5. The predicted molar refractivity (Wildman–Crippen MR) is 284 cm³/mol. The molecule has 1 atom stereocenters. The van der Waals surface area contributed by atoms with Gasteiger partial charge >= 0.3 is 0 Å². The van der Waals surface area contributed by atoms with Crippen LogP contribution in [-0.2, 0) is 5.41 Å². The third-order valence-corrected chi connectivity index (χ3v) is 15.0. The van der Waals surface area contributed by atoms with Crippen molar-refractivity contribution >= 4 is 27.8 Å². The average molecular weight is 860 g/mol. The number of benzene rings is 10. The molecule has 0 aliphatic heterocycles. The topological polar surface area (TPSA) is 3.24 Å². The summed E-state index contributed by atoms with van der Waals surface area (Å²) in [6.45, 7) is 2.40. The maximum absolute atomic E-state index is 2.47. The number of nitrogens with zero attached hydrogens (tertiary/aromatic N) is 1. The Morgan fingerprint density at radius 3 is 1.55 bits per heavy atom. The maximum atomic E-state index is 2.47. The van der Waals surface area contributed by atoms with Crippen molar-refractivity contribution in [2.75, 3.05) is 4.90 Å². The highest BCUT2D eigenvalue weighted by molar-refractivity contribution is 6.03. The highest BCUT2D eigenvalue weighted by Crippen LogP contribution is 2.55. The van der Waals surface area contributed by atoms with Crippen LogP contribution in [-0.4, -0.2) is 0 Å². The summed E-state index contributed by atoms with van der Waals surface area (Å²) < 4.78 is 0. The molecule has 12 rings (SSSR count). The molecule has 0 spiro atoms. The predicted octanol–water partition coefficient (Wildman–Crippen LogP) is 18.4. The molecule has 1 unspecified atom stereocenters. The van der Waals surface area contributed by atoms with Gasteiger partial charge in [0.05, 0.1) is 5.69 Å². The van der Waals surface area contributed by atoms with Gasteiger partial charge in [0.2, 0.25) is 0 Å². The molecule has 322 valence electrons. The van der Waals surface area contributed by atoms with Crippen LogP contribution in [0.25, 0.3) is 66.4 Å². The van der Waals surface area contributed by atoms with E-state index in [1.165, 1.54) is 121 Å². The summed E-state index contributed by atoms with van der Waals surface area (Å²) in [6, 6.07) is 87.9. The molecule has 0 saturated heterocycles. The van der Waals surface area contributed by atoms with Crippen molar-refractivity contribution in [1.82, 2.24) is 0 Å². The lowest BCUT2D eigenvalue weighted by Gasteiger charge is -2.29. The first-order valence-electron chi connectivity index (χ1n) is 24.2. The highest BCUT2D eigenvalue weighted by Gasteiger charge is 2.41. The third kappa shape index (κ3) is 7.18. The molecule has 0 bridgehead atoms. The van der Waals surface area contributed by atoms with E-state index in [2.05, 4.69) is 248 Å². The van der Waals surface area contributed by atoms with E-state index in [1.807, 2.05) is 0 Å². The number of rotatable bonds is 9. The van der Waals surface area contributed by atoms with Crippen molar-refractivity contribution in [2.24, 2.45) is 0 Å². The van der Waals surface area contributed by atoms with E-state index in [-0.39, 0.29) is 5.41 Å². The molecule has 0 N–H and O–H groups in total. The molecule has 2 aliphatic carbocycles. The van der Waals surface area contributed by atoms with Gasteiger partial charge in [-0.3, -0.25) is 0 Å². The minimum absolute atomic E-state index is 0.252. The molecule has 1 nitrogen and oxygen atoms in total. The van der Waals surface area contributed by atoms with E-state index in [4.69, 9.17) is 0 Å². The van der Waals surface area contributed by atoms with Crippen LogP contribution in [0, 0.1) is 0 Å². The smallest absolute Gasteiger partial charge is 0.0540 e. The van der Waals surface area contributed by atoms with Gasteiger partial charge in [-0.2, -0.15) is 0 Å². The number of para-hydroxylation sites is 1. The summed E-state index contributed by atoms with van der Waals surface area (Å²) in [7, 11) is 0. The number of anilines is 3. The van der Waals surface area contributed by atoms with E-state index >= 15 is 0 Å². The molecule has 10 aromatic rings. The second kappa shape index (κ2) is 17.2. The molecule has 67 heavy (non-hydrogen) atoms. The summed E-state index contributed by atoms with van der Waals surface area (Å²) >= 11 is 0. The molecule has 2 aliphatic rings. The van der Waals surface area contributed by atoms with Gasteiger partial charge < -0.3 is 4.90 Å². The zero-order chi connectivity index (χ0) is 44.7. The first-order chi connectivity index (χ1) is 33.1. The number of hydrogen-bond donors (Lipinski definition) is 0. The normalized spacial score (nSPS) is 15.5. The van der Waals surface area contributed by atoms with Crippen LogP contribution in [0.3, 0.4) is 0 Å². The van der Waals surface area contributed by atoms with Gasteiger partial charge in [-0.15, -0.1) is 0 Å². The molecule has 1 saturated carbocycles. The Labute approximate surface area is 395 Å². The summed E-state index contributed by atoms with van der Waals surface area (Å²) in [5.41, 5.74) is 21.2. The third-order valence-electron chi connectivity index (χ3n) is 15.0. The first kappa shape index (κ1) is 40.7. The zero-order valence-corrected chi connectivity index (χ0v) is 38.1. The highest BCUT2D eigenvalue weighted by atomic mass is 15.1. The molecular weight excluding hydrogens is 807 g/mol. The summed E-state index contributed by atoms with van der Waals surface area (Å²) in [5.74, 6) is 0.584. The van der Waals surface area contributed by atoms with Crippen LogP contribution < -0.4 is 4.90 Å². The van der Waals surface area contributed by atoms with Crippen LogP contribution in [0.5, 0.6) is 0 Å². The van der Waals surface area contributed by atoms with Crippen molar-refractivity contribution in [3.8, 4) is 55.6 Å². The van der Waals surface area contributed by atoms with E-state index in [0.717, 1.165) is 17.1 Å². The summed E-state index contributed by atoms with van der Waals surface area (Å²) in [6.07, 6.45) is 6.48. The largest absolute Gasteiger partial charge is 0.310 e. The van der Waals surface area contributed by atoms with Crippen LogP contribution in [0.1, 0.15) is 67.2 Å². The van der Waals surface area contributed by atoms with Crippen LogP contribution >= 0.6 is 0 Å². The molecule has 0 heterocycles. The molecule has 0 aromatic heterocycles. The molecule has 10 aromatic carbocycles. The lowest BCUT2D eigenvalue weighted by Crippen LogP contribution is -2.22. The van der Waals surface area contributed by atoms with Crippen LogP contribution in [0.15, 0.2) is 237 Å². The van der Waals surface area contributed by atoms with E-state index in [0.29, 0.717) is 5.92 Å². The second-order valence-electron chi connectivity index (χ2n) is 18.7. The molecule has 1 heteroatoms. The lowest BCUT2D eigenvalue weighted by atomic mass is 9.74. The van der Waals surface area contributed by atoms with Gasteiger partial charge in [0.15, 0.2) is 0 Å². The Morgan fingerprint density at radius 2 is 0.866 bits per heavy atom. The Hall–Kier alpha value is -7.74. The minimum Gasteiger partial charge on any atom is -0.310 e. The minimum atomic E-state index is -0.252. The van der Waals surface area contributed by atoms with Crippen molar-refractivity contribution in [3.05, 3.63) is 259 Å².